The Labute approximate surface area is 120 Å². The Morgan fingerprint density at radius 2 is 2.00 bits per heavy atom. The molecule has 0 spiro atoms. The zero-order valence-corrected chi connectivity index (χ0v) is 12.6. The van der Waals surface area contributed by atoms with Crippen molar-refractivity contribution >= 4 is 11.9 Å². The molecule has 1 aliphatic rings. The summed E-state index contributed by atoms with van der Waals surface area (Å²) in [5, 5.41) is 2.92. The molecule has 5 heteroatoms. The number of amides is 1. The molecule has 0 aliphatic carbocycles. The Balaban J connectivity index is 1.97. The fraction of sp³-hybridized carbons (Fsp3) is 0.667. The van der Waals surface area contributed by atoms with E-state index in [1.165, 1.54) is 19.3 Å². The van der Waals surface area contributed by atoms with Crippen molar-refractivity contribution in [2.45, 2.75) is 46.6 Å². The van der Waals surface area contributed by atoms with Crippen molar-refractivity contribution in [2.75, 3.05) is 18.0 Å². The number of hydrogen-bond donors (Lipinski definition) is 1. The molecule has 1 amide bonds. The maximum atomic E-state index is 11.9. The minimum Gasteiger partial charge on any atom is -0.350 e. The van der Waals surface area contributed by atoms with Gasteiger partial charge in [0.25, 0.3) is 0 Å². The zero-order valence-electron chi connectivity index (χ0n) is 12.6. The summed E-state index contributed by atoms with van der Waals surface area (Å²) in [6.07, 6.45) is 5.47. The van der Waals surface area contributed by atoms with Crippen molar-refractivity contribution in [3.63, 3.8) is 0 Å². The quantitative estimate of drug-likeness (QED) is 0.919. The van der Waals surface area contributed by atoms with Crippen molar-refractivity contribution in [3.8, 4) is 0 Å². The Hall–Kier alpha value is -1.65. The molecule has 1 fully saturated rings. The summed E-state index contributed by atoms with van der Waals surface area (Å²) in [6, 6.07) is 1.86. The lowest BCUT2D eigenvalue weighted by molar-refractivity contribution is -0.128. The molecular formula is C15H24N4O. The predicted octanol–water partition coefficient (Wildman–Crippen LogP) is 2.13. The van der Waals surface area contributed by atoms with Gasteiger partial charge >= 0.3 is 0 Å². The smallest absolute Gasteiger partial charge is 0.225 e. The Bertz CT molecular complexity index is 461. The standard InChI is InChI=1S/C15H24N4O/c1-15(2,3)13(20)17-11-12-7-8-16-14(18-12)19-9-5-4-6-10-19/h7-8H,4-6,9-11H2,1-3H3,(H,17,20). The van der Waals surface area contributed by atoms with E-state index >= 15 is 0 Å². The van der Waals surface area contributed by atoms with Gasteiger partial charge in [0.05, 0.1) is 12.2 Å². The van der Waals surface area contributed by atoms with Gasteiger partial charge in [0.15, 0.2) is 0 Å². The molecule has 1 aliphatic heterocycles. The molecule has 1 N–H and O–H groups in total. The summed E-state index contributed by atoms with van der Waals surface area (Å²) >= 11 is 0. The van der Waals surface area contributed by atoms with E-state index in [1.807, 2.05) is 26.8 Å². The molecular weight excluding hydrogens is 252 g/mol. The second kappa shape index (κ2) is 6.20. The molecule has 0 atom stereocenters. The normalized spacial score (nSPS) is 16.1. The van der Waals surface area contributed by atoms with Crippen LogP contribution < -0.4 is 10.2 Å². The lowest BCUT2D eigenvalue weighted by Gasteiger charge is -2.26. The van der Waals surface area contributed by atoms with Crippen LogP contribution in [0, 0.1) is 5.41 Å². The molecule has 2 heterocycles. The van der Waals surface area contributed by atoms with Gasteiger partial charge in [-0.3, -0.25) is 4.79 Å². The zero-order chi connectivity index (χ0) is 14.6. The third-order valence-corrected chi connectivity index (χ3v) is 3.45. The summed E-state index contributed by atoms with van der Waals surface area (Å²) < 4.78 is 0. The van der Waals surface area contributed by atoms with E-state index in [0.29, 0.717) is 6.54 Å². The van der Waals surface area contributed by atoms with E-state index in [1.54, 1.807) is 6.20 Å². The molecule has 1 aromatic heterocycles. The topological polar surface area (TPSA) is 58.1 Å². The maximum Gasteiger partial charge on any atom is 0.225 e. The van der Waals surface area contributed by atoms with Crippen LogP contribution in [0.15, 0.2) is 12.3 Å². The number of anilines is 1. The molecule has 0 saturated carbocycles. The number of carbonyl (C=O) groups is 1. The lowest BCUT2D eigenvalue weighted by Crippen LogP contribution is -2.35. The highest BCUT2D eigenvalue weighted by molar-refractivity contribution is 5.81. The van der Waals surface area contributed by atoms with Crippen LogP contribution in [0.4, 0.5) is 5.95 Å². The highest BCUT2D eigenvalue weighted by Gasteiger charge is 2.21. The number of nitrogens with zero attached hydrogens (tertiary/aromatic N) is 3. The molecule has 0 bridgehead atoms. The van der Waals surface area contributed by atoms with E-state index in [4.69, 9.17) is 0 Å². The Morgan fingerprint density at radius 3 is 2.65 bits per heavy atom. The number of nitrogens with one attached hydrogen (secondary N) is 1. The number of hydrogen-bond acceptors (Lipinski definition) is 4. The van der Waals surface area contributed by atoms with Gasteiger partial charge in [-0.1, -0.05) is 20.8 Å². The molecule has 0 radical (unpaired) electrons. The minimum atomic E-state index is -0.372. The maximum absolute atomic E-state index is 11.9. The van der Waals surface area contributed by atoms with Crippen molar-refractivity contribution in [2.24, 2.45) is 5.41 Å². The minimum absolute atomic E-state index is 0.0376. The van der Waals surface area contributed by atoms with Crippen LogP contribution in [-0.2, 0) is 11.3 Å². The number of piperidine rings is 1. The van der Waals surface area contributed by atoms with Gasteiger partial charge < -0.3 is 10.2 Å². The highest BCUT2D eigenvalue weighted by Crippen LogP contribution is 2.16. The monoisotopic (exact) mass is 276 g/mol. The van der Waals surface area contributed by atoms with Crippen LogP contribution in [0.5, 0.6) is 0 Å². The molecule has 1 saturated heterocycles. The van der Waals surface area contributed by atoms with Gasteiger partial charge in [0.1, 0.15) is 0 Å². The van der Waals surface area contributed by atoms with E-state index < -0.39 is 0 Å². The number of rotatable bonds is 3. The van der Waals surface area contributed by atoms with Crippen molar-refractivity contribution in [3.05, 3.63) is 18.0 Å². The summed E-state index contributed by atoms with van der Waals surface area (Å²) in [4.78, 5) is 23.0. The fourth-order valence-corrected chi connectivity index (χ4v) is 2.17. The van der Waals surface area contributed by atoms with Crippen LogP contribution >= 0.6 is 0 Å². The van der Waals surface area contributed by atoms with E-state index in [2.05, 4.69) is 20.2 Å². The summed E-state index contributed by atoms with van der Waals surface area (Å²) in [6.45, 7) is 8.22. The second-order valence-electron chi connectivity index (χ2n) is 6.33. The van der Waals surface area contributed by atoms with Crippen LogP contribution in [0.25, 0.3) is 0 Å². The molecule has 1 aromatic rings. The highest BCUT2D eigenvalue weighted by atomic mass is 16.2. The van der Waals surface area contributed by atoms with Gasteiger partial charge in [-0.2, -0.15) is 0 Å². The summed E-state index contributed by atoms with van der Waals surface area (Å²) in [7, 11) is 0. The third kappa shape index (κ3) is 3.92. The second-order valence-corrected chi connectivity index (χ2v) is 6.33. The molecule has 110 valence electrons. The fourth-order valence-electron chi connectivity index (χ4n) is 2.17. The Morgan fingerprint density at radius 1 is 1.30 bits per heavy atom. The van der Waals surface area contributed by atoms with Crippen LogP contribution in [0.1, 0.15) is 45.7 Å². The van der Waals surface area contributed by atoms with Gasteiger partial charge in [0, 0.05) is 24.7 Å². The largest absolute Gasteiger partial charge is 0.350 e. The summed E-state index contributed by atoms with van der Waals surface area (Å²) in [5.74, 6) is 0.822. The molecule has 0 aromatic carbocycles. The average Bonchev–Trinajstić information content (AvgIpc) is 2.45. The number of aromatic nitrogens is 2. The first-order valence-corrected chi connectivity index (χ1v) is 7.32. The van der Waals surface area contributed by atoms with Crippen molar-refractivity contribution in [1.82, 2.24) is 15.3 Å². The van der Waals surface area contributed by atoms with Gasteiger partial charge in [-0.15, -0.1) is 0 Å². The van der Waals surface area contributed by atoms with Gasteiger partial charge in [-0.05, 0) is 25.3 Å². The van der Waals surface area contributed by atoms with Crippen molar-refractivity contribution in [1.29, 1.82) is 0 Å². The first-order valence-electron chi connectivity index (χ1n) is 7.32. The molecule has 5 nitrogen and oxygen atoms in total. The number of carbonyl (C=O) groups excluding carboxylic acids is 1. The van der Waals surface area contributed by atoms with Crippen LogP contribution in [0.3, 0.4) is 0 Å². The molecule has 2 rings (SSSR count). The predicted molar refractivity (Wildman–Crippen MR) is 79.4 cm³/mol. The summed E-state index contributed by atoms with van der Waals surface area (Å²) in [5.41, 5.74) is 0.487. The third-order valence-electron chi connectivity index (χ3n) is 3.45. The average molecular weight is 276 g/mol. The van der Waals surface area contributed by atoms with Crippen LogP contribution in [-0.4, -0.2) is 29.0 Å². The van der Waals surface area contributed by atoms with E-state index in [0.717, 1.165) is 24.7 Å². The molecule has 20 heavy (non-hydrogen) atoms. The van der Waals surface area contributed by atoms with Crippen LogP contribution in [0.2, 0.25) is 0 Å². The SMILES string of the molecule is CC(C)(C)C(=O)NCc1ccnc(N2CCCCC2)n1. The first kappa shape index (κ1) is 14.8. The van der Waals surface area contributed by atoms with E-state index in [9.17, 15) is 4.79 Å². The van der Waals surface area contributed by atoms with Gasteiger partial charge in [-0.25, -0.2) is 9.97 Å². The molecule has 0 unspecified atom stereocenters. The van der Waals surface area contributed by atoms with Gasteiger partial charge in [0.2, 0.25) is 11.9 Å². The first-order chi connectivity index (χ1) is 9.47. The van der Waals surface area contributed by atoms with Crippen molar-refractivity contribution < 1.29 is 4.79 Å². The lowest BCUT2D eigenvalue weighted by atomic mass is 9.96. The Kier molecular flexibility index (Phi) is 4.57. The van der Waals surface area contributed by atoms with E-state index in [-0.39, 0.29) is 11.3 Å².